The predicted molar refractivity (Wildman–Crippen MR) is 130 cm³/mol. The lowest BCUT2D eigenvalue weighted by Gasteiger charge is -2.23. The summed E-state index contributed by atoms with van der Waals surface area (Å²) in [7, 11) is 3.58. The number of likely N-dealkylation sites (N-methyl/N-ethyl adjacent to an activating group) is 1. The van der Waals surface area contributed by atoms with Gasteiger partial charge in [0.15, 0.2) is 0 Å². The number of ether oxygens (including phenoxy) is 1. The second-order valence-electron chi connectivity index (χ2n) is 8.68. The van der Waals surface area contributed by atoms with Crippen LogP contribution >= 0.6 is 0 Å². The molecule has 1 fully saturated rings. The summed E-state index contributed by atoms with van der Waals surface area (Å²) >= 11 is 0. The zero-order valence-electron chi connectivity index (χ0n) is 19.7. The van der Waals surface area contributed by atoms with E-state index in [-0.39, 0.29) is 11.8 Å². The van der Waals surface area contributed by atoms with Gasteiger partial charge in [0, 0.05) is 57.6 Å². The number of amides is 1. The lowest BCUT2D eigenvalue weighted by atomic mass is 9.95. The van der Waals surface area contributed by atoms with Crippen LogP contribution in [0.4, 0.5) is 0 Å². The number of hydrogen-bond acceptors (Lipinski definition) is 5. The first-order chi connectivity index (χ1) is 16.1. The number of carbonyl (C=O) groups is 1. The molecule has 0 N–H and O–H groups in total. The Morgan fingerprint density at radius 3 is 2.18 bits per heavy atom. The fraction of sp³-hybridized carbons (Fsp3) is 0.370. The molecule has 6 heteroatoms. The number of hydrogen-bond donors (Lipinski definition) is 0. The van der Waals surface area contributed by atoms with E-state index in [1.54, 1.807) is 7.11 Å². The standard InChI is InChI=1S/C27H32N4O2/c1-4-26-28-16-21(17-29-26)18-31-14-13-30(2)27(32)24(19-31)15-20-5-7-22(8-6-20)23-9-11-25(33-3)12-10-23/h5-12,16-17,24H,4,13-15,18-19H2,1-3H3. The van der Waals surface area contributed by atoms with Gasteiger partial charge in [-0.25, -0.2) is 9.97 Å². The summed E-state index contributed by atoms with van der Waals surface area (Å²) in [6.45, 7) is 5.14. The minimum Gasteiger partial charge on any atom is -0.497 e. The van der Waals surface area contributed by atoms with Gasteiger partial charge in [-0.1, -0.05) is 43.3 Å². The van der Waals surface area contributed by atoms with Gasteiger partial charge in [-0.05, 0) is 35.2 Å². The third-order valence-electron chi connectivity index (χ3n) is 6.30. The Balaban J connectivity index is 1.44. The van der Waals surface area contributed by atoms with Crippen molar-refractivity contribution in [3.05, 3.63) is 77.9 Å². The Morgan fingerprint density at radius 2 is 1.58 bits per heavy atom. The van der Waals surface area contributed by atoms with Crippen molar-refractivity contribution >= 4 is 5.91 Å². The minimum atomic E-state index is -0.0693. The predicted octanol–water partition coefficient (Wildman–Crippen LogP) is 3.85. The zero-order valence-corrected chi connectivity index (χ0v) is 19.7. The number of rotatable bonds is 7. The average molecular weight is 445 g/mol. The third-order valence-corrected chi connectivity index (χ3v) is 6.30. The van der Waals surface area contributed by atoms with E-state index >= 15 is 0 Å². The number of nitrogens with zero attached hydrogens (tertiary/aromatic N) is 4. The van der Waals surface area contributed by atoms with Crippen LogP contribution in [0.5, 0.6) is 5.75 Å². The summed E-state index contributed by atoms with van der Waals surface area (Å²) in [4.78, 5) is 26.1. The summed E-state index contributed by atoms with van der Waals surface area (Å²) in [5.74, 6) is 1.86. The van der Waals surface area contributed by atoms with Crippen molar-refractivity contribution in [1.82, 2.24) is 19.8 Å². The van der Waals surface area contributed by atoms with Gasteiger partial charge in [0.25, 0.3) is 0 Å². The maximum atomic E-state index is 13.0. The number of aromatic nitrogens is 2. The van der Waals surface area contributed by atoms with E-state index in [2.05, 4.69) is 58.2 Å². The van der Waals surface area contributed by atoms with Crippen LogP contribution in [-0.4, -0.2) is 59.5 Å². The Kier molecular flexibility index (Phi) is 7.35. The van der Waals surface area contributed by atoms with Crippen molar-refractivity contribution < 1.29 is 9.53 Å². The minimum absolute atomic E-state index is 0.0693. The molecule has 1 saturated heterocycles. The van der Waals surface area contributed by atoms with Gasteiger partial charge in [0.2, 0.25) is 5.91 Å². The van der Waals surface area contributed by atoms with Crippen molar-refractivity contribution in [2.24, 2.45) is 5.92 Å². The SMILES string of the molecule is CCc1ncc(CN2CCN(C)C(=O)C(Cc3ccc(-c4ccc(OC)cc4)cc3)C2)cn1. The smallest absolute Gasteiger partial charge is 0.227 e. The van der Waals surface area contributed by atoms with E-state index in [1.165, 1.54) is 5.56 Å². The molecule has 6 nitrogen and oxygen atoms in total. The van der Waals surface area contributed by atoms with Crippen LogP contribution in [0.3, 0.4) is 0 Å². The molecule has 1 aromatic heterocycles. The summed E-state index contributed by atoms with van der Waals surface area (Å²) in [5, 5.41) is 0. The maximum absolute atomic E-state index is 13.0. The summed E-state index contributed by atoms with van der Waals surface area (Å²) in [5.41, 5.74) is 4.57. The molecule has 0 spiro atoms. The number of carbonyl (C=O) groups excluding carboxylic acids is 1. The lowest BCUT2D eigenvalue weighted by molar-refractivity contribution is -0.133. The summed E-state index contributed by atoms with van der Waals surface area (Å²) in [6, 6.07) is 16.6. The first kappa shape index (κ1) is 22.9. The molecule has 172 valence electrons. The molecule has 2 heterocycles. The van der Waals surface area contributed by atoms with Crippen LogP contribution in [0.1, 0.15) is 23.9 Å². The molecule has 1 aliphatic heterocycles. The van der Waals surface area contributed by atoms with Crippen molar-refractivity contribution in [3.8, 4) is 16.9 Å². The monoisotopic (exact) mass is 444 g/mol. The molecule has 33 heavy (non-hydrogen) atoms. The highest BCUT2D eigenvalue weighted by atomic mass is 16.5. The Labute approximate surface area is 196 Å². The van der Waals surface area contributed by atoms with Gasteiger partial charge in [-0.2, -0.15) is 0 Å². The van der Waals surface area contributed by atoms with Crippen LogP contribution in [0.15, 0.2) is 60.9 Å². The molecule has 0 saturated carbocycles. The third kappa shape index (κ3) is 5.76. The highest BCUT2D eigenvalue weighted by molar-refractivity contribution is 5.79. The second-order valence-corrected chi connectivity index (χ2v) is 8.68. The van der Waals surface area contributed by atoms with E-state index in [9.17, 15) is 4.79 Å². The van der Waals surface area contributed by atoms with Gasteiger partial charge in [-0.3, -0.25) is 9.69 Å². The van der Waals surface area contributed by atoms with Crippen LogP contribution < -0.4 is 4.74 Å². The van der Waals surface area contributed by atoms with Crippen LogP contribution in [0.25, 0.3) is 11.1 Å². The van der Waals surface area contributed by atoms with Gasteiger partial charge in [0.05, 0.1) is 13.0 Å². The van der Waals surface area contributed by atoms with Gasteiger partial charge >= 0.3 is 0 Å². The van der Waals surface area contributed by atoms with E-state index < -0.39 is 0 Å². The van der Waals surface area contributed by atoms with Gasteiger partial charge in [0.1, 0.15) is 11.6 Å². The van der Waals surface area contributed by atoms with Crippen molar-refractivity contribution in [1.29, 1.82) is 0 Å². The van der Waals surface area contributed by atoms with Crippen LogP contribution in [0, 0.1) is 5.92 Å². The molecule has 0 aliphatic carbocycles. The molecular formula is C27H32N4O2. The maximum Gasteiger partial charge on any atom is 0.227 e. The highest BCUT2D eigenvalue weighted by Gasteiger charge is 2.28. The molecule has 1 unspecified atom stereocenters. The Hall–Kier alpha value is -3.25. The van der Waals surface area contributed by atoms with E-state index in [4.69, 9.17) is 4.74 Å². The van der Waals surface area contributed by atoms with E-state index in [0.29, 0.717) is 0 Å². The molecule has 3 aromatic rings. The molecule has 4 rings (SSSR count). The topological polar surface area (TPSA) is 58.6 Å². The molecule has 1 aliphatic rings. The molecular weight excluding hydrogens is 412 g/mol. The molecule has 1 amide bonds. The van der Waals surface area contributed by atoms with Gasteiger partial charge in [-0.15, -0.1) is 0 Å². The van der Waals surface area contributed by atoms with Crippen LogP contribution in [-0.2, 0) is 24.2 Å². The molecule has 2 aromatic carbocycles. The fourth-order valence-corrected chi connectivity index (χ4v) is 4.30. The van der Waals surface area contributed by atoms with Crippen molar-refractivity contribution in [3.63, 3.8) is 0 Å². The molecule has 1 atom stereocenters. The number of methoxy groups -OCH3 is 1. The Morgan fingerprint density at radius 1 is 0.939 bits per heavy atom. The first-order valence-electron chi connectivity index (χ1n) is 11.6. The second kappa shape index (κ2) is 10.6. The fourth-order valence-electron chi connectivity index (χ4n) is 4.30. The van der Waals surface area contributed by atoms with Crippen molar-refractivity contribution in [2.45, 2.75) is 26.3 Å². The van der Waals surface area contributed by atoms with Gasteiger partial charge < -0.3 is 9.64 Å². The lowest BCUT2D eigenvalue weighted by Crippen LogP contribution is -2.34. The number of aryl methyl sites for hydroxylation is 1. The molecule has 0 radical (unpaired) electrons. The summed E-state index contributed by atoms with van der Waals surface area (Å²) < 4.78 is 5.25. The number of benzene rings is 2. The van der Waals surface area contributed by atoms with Crippen LogP contribution in [0.2, 0.25) is 0 Å². The highest BCUT2D eigenvalue weighted by Crippen LogP contribution is 2.24. The first-order valence-corrected chi connectivity index (χ1v) is 11.6. The Bertz CT molecular complexity index is 1050. The molecule has 0 bridgehead atoms. The quantitative estimate of drug-likeness (QED) is 0.554. The largest absolute Gasteiger partial charge is 0.497 e. The summed E-state index contributed by atoms with van der Waals surface area (Å²) in [6.07, 6.45) is 5.39. The van der Waals surface area contributed by atoms with E-state index in [1.807, 2.05) is 36.5 Å². The van der Waals surface area contributed by atoms with Crippen molar-refractivity contribution in [2.75, 3.05) is 33.8 Å². The zero-order chi connectivity index (χ0) is 23.2. The average Bonchev–Trinajstić information content (AvgIpc) is 2.99. The van der Waals surface area contributed by atoms with E-state index in [0.717, 1.165) is 67.3 Å². The normalized spacial score (nSPS) is 17.1.